The molecule has 0 saturated heterocycles. The van der Waals surface area contributed by atoms with Crippen molar-refractivity contribution in [3.63, 3.8) is 0 Å². The maximum atomic E-state index is 5.24. The minimum Gasteiger partial charge on any atom is -0.497 e. The van der Waals surface area contributed by atoms with Crippen LogP contribution in [0.5, 0.6) is 5.75 Å². The van der Waals surface area contributed by atoms with Gasteiger partial charge in [0, 0.05) is 17.8 Å². The van der Waals surface area contributed by atoms with E-state index in [-0.39, 0.29) is 0 Å². The fourth-order valence-corrected chi connectivity index (χ4v) is 2.68. The van der Waals surface area contributed by atoms with Crippen LogP contribution in [-0.2, 0) is 0 Å². The van der Waals surface area contributed by atoms with Gasteiger partial charge in [0.25, 0.3) is 0 Å². The van der Waals surface area contributed by atoms with Gasteiger partial charge < -0.3 is 10.1 Å². The molecule has 1 aliphatic rings. The van der Waals surface area contributed by atoms with Gasteiger partial charge >= 0.3 is 0 Å². The molecule has 0 aromatic heterocycles. The van der Waals surface area contributed by atoms with Crippen LogP contribution in [0.15, 0.2) is 54.6 Å². The number of hydrogen-bond donors (Lipinski definition) is 1. The average molecular weight is 253 g/mol. The van der Waals surface area contributed by atoms with Crippen LogP contribution >= 0.6 is 0 Å². The van der Waals surface area contributed by atoms with Gasteiger partial charge in [-0.2, -0.15) is 0 Å². The molecule has 0 amide bonds. The van der Waals surface area contributed by atoms with Crippen molar-refractivity contribution in [3.05, 3.63) is 60.2 Å². The molecule has 0 aliphatic heterocycles. The molecule has 2 nitrogen and oxygen atoms in total. The van der Waals surface area contributed by atoms with Crippen molar-refractivity contribution in [1.29, 1.82) is 0 Å². The zero-order chi connectivity index (χ0) is 13.1. The van der Waals surface area contributed by atoms with E-state index in [0.29, 0.717) is 12.0 Å². The van der Waals surface area contributed by atoms with Crippen LogP contribution in [0.4, 0.5) is 5.69 Å². The first kappa shape index (κ1) is 12.1. The van der Waals surface area contributed by atoms with E-state index in [1.54, 1.807) is 7.11 Å². The zero-order valence-corrected chi connectivity index (χ0v) is 11.2. The summed E-state index contributed by atoms with van der Waals surface area (Å²) in [7, 11) is 1.70. The van der Waals surface area contributed by atoms with Gasteiger partial charge in [-0.05, 0) is 36.5 Å². The first-order chi connectivity index (χ1) is 9.35. The molecular formula is C17H19NO. The molecule has 0 spiro atoms. The second-order valence-electron chi connectivity index (χ2n) is 5.15. The maximum absolute atomic E-state index is 5.24. The summed E-state index contributed by atoms with van der Waals surface area (Å²) in [5.41, 5.74) is 2.61. The zero-order valence-electron chi connectivity index (χ0n) is 11.2. The summed E-state index contributed by atoms with van der Waals surface area (Å²) in [4.78, 5) is 0. The first-order valence-electron chi connectivity index (χ1n) is 6.80. The highest BCUT2D eigenvalue weighted by Gasteiger charge is 2.29. The molecule has 1 fully saturated rings. The van der Waals surface area contributed by atoms with E-state index in [1.165, 1.54) is 18.4 Å². The molecule has 0 atom stereocenters. The van der Waals surface area contributed by atoms with Gasteiger partial charge in [-0.15, -0.1) is 0 Å². The highest BCUT2D eigenvalue weighted by Crippen LogP contribution is 2.38. The molecule has 0 heterocycles. The van der Waals surface area contributed by atoms with E-state index in [9.17, 15) is 0 Å². The minimum atomic E-state index is 0.581. The predicted octanol–water partition coefficient (Wildman–Crippen LogP) is 4.05. The van der Waals surface area contributed by atoms with Crippen molar-refractivity contribution in [2.75, 3.05) is 12.4 Å². The van der Waals surface area contributed by atoms with Crippen molar-refractivity contribution in [2.45, 2.75) is 24.8 Å². The molecule has 1 saturated carbocycles. The van der Waals surface area contributed by atoms with Crippen molar-refractivity contribution in [3.8, 4) is 5.75 Å². The van der Waals surface area contributed by atoms with Crippen LogP contribution in [0.3, 0.4) is 0 Å². The fourth-order valence-electron chi connectivity index (χ4n) is 2.68. The predicted molar refractivity (Wildman–Crippen MR) is 78.8 cm³/mol. The van der Waals surface area contributed by atoms with Gasteiger partial charge in [0.15, 0.2) is 0 Å². The number of rotatable bonds is 4. The lowest BCUT2D eigenvalue weighted by molar-refractivity contribution is 0.374. The molecule has 1 aliphatic carbocycles. The summed E-state index contributed by atoms with van der Waals surface area (Å²) in [5.74, 6) is 1.62. The molecule has 0 bridgehead atoms. The Hall–Kier alpha value is -1.96. The van der Waals surface area contributed by atoms with Crippen LogP contribution in [0.2, 0.25) is 0 Å². The summed E-state index contributed by atoms with van der Waals surface area (Å²) in [5, 5.41) is 3.57. The Bertz CT molecular complexity index is 532. The average Bonchev–Trinajstić information content (AvgIpc) is 2.43. The fraction of sp³-hybridized carbons (Fsp3) is 0.294. The van der Waals surface area contributed by atoms with Gasteiger partial charge in [-0.3, -0.25) is 0 Å². The number of anilines is 1. The third-order valence-corrected chi connectivity index (χ3v) is 3.85. The maximum Gasteiger partial charge on any atom is 0.120 e. The second kappa shape index (κ2) is 5.35. The normalized spacial score (nSPS) is 21.5. The van der Waals surface area contributed by atoms with Crippen LogP contribution in [0.25, 0.3) is 0 Å². The van der Waals surface area contributed by atoms with Gasteiger partial charge in [0.05, 0.1) is 7.11 Å². The van der Waals surface area contributed by atoms with Crippen molar-refractivity contribution in [1.82, 2.24) is 0 Å². The molecule has 1 N–H and O–H groups in total. The summed E-state index contributed by atoms with van der Waals surface area (Å²) in [6, 6.07) is 19.5. The lowest BCUT2D eigenvalue weighted by atomic mass is 9.76. The van der Waals surface area contributed by atoms with Crippen LogP contribution in [0.1, 0.15) is 24.3 Å². The molecule has 19 heavy (non-hydrogen) atoms. The lowest BCUT2D eigenvalue weighted by Crippen LogP contribution is -2.33. The lowest BCUT2D eigenvalue weighted by Gasteiger charge is -2.37. The van der Waals surface area contributed by atoms with Crippen molar-refractivity contribution in [2.24, 2.45) is 0 Å². The Kier molecular flexibility index (Phi) is 3.41. The smallest absolute Gasteiger partial charge is 0.120 e. The topological polar surface area (TPSA) is 21.3 Å². The van der Waals surface area contributed by atoms with E-state index >= 15 is 0 Å². The van der Waals surface area contributed by atoms with E-state index in [0.717, 1.165) is 11.4 Å². The Morgan fingerprint density at radius 1 is 1.00 bits per heavy atom. The Labute approximate surface area is 114 Å². The van der Waals surface area contributed by atoms with Crippen LogP contribution in [-0.4, -0.2) is 13.2 Å². The molecule has 2 heteroatoms. The minimum absolute atomic E-state index is 0.581. The Balaban J connectivity index is 1.56. The third-order valence-electron chi connectivity index (χ3n) is 3.85. The molecule has 3 rings (SSSR count). The number of ether oxygens (including phenoxy) is 1. The summed E-state index contributed by atoms with van der Waals surface area (Å²) >= 11 is 0. The molecule has 2 aromatic rings. The van der Waals surface area contributed by atoms with Crippen LogP contribution in [0, 0.1) is 0 Å². The quantitative estimate of drug-likeness (QED) is 0.887. The number of hydrogen-bond acceptors (Lipinski definition) is 2. The second-order valence-corrected chi connectivity index (χ2v) is 5.15. The number of nitrogens with one attached hydrogen (secondary N) is 1. The molecule has 2 aromatic carbocycles. The molecule has 0 unspecified atom stereocenters. The SMILES string of the molecule is COc1cccc(NC2CC(c3ccccc3)C2)c1. The summed E-state index contributed by atoms with van der Waals surface area (Å²) < 4.78 is 5.24. The van der Waals surface area contributed by atoms with Gasteiger partial charge in [-0.1, -0.05) is 36.4 Å². The van der Waals surface area contributed by atoms with E-state index in [1.807, 2.05) is 12.1 Å². The van der Waals surface area contributed by atoms with Crippen LogP contribution < -0.4 is 10.1 Å². The number of benzene rings is 2. The van der Waals surface area contributed by atoms with Gasteiger partial charge in [0.2, 0.25) is 0 Å². The highest BCUT2D eigenvalue weighted by molar-refractivity contribution is 5.49. The third kappa shape index (κ3) is 2.73. The van der Waals surface area contributed by atoms with Crippen molar-refractivity contribution < 1.29 is 4.74 Å². The van der Waals surface area contributed by atoms with E-state index < -0.39 is 0 Å². The molecule has 0 radical (unpaired) electrons. The first-order valence-corrected chi connectivity index (χ1v) is 6.80. The molecular weight excluding hydrogens is 234 g/mol. The Morgan fingerprint density at radius 2 is 1.79 bits per heavy atom. The number of methoxy groups -OCH3 is 1. The van der Waals surface area contributed by atoms with Gasteiger partial charge in [0.1, 0.15) is 5.75 Å². The molecule has 98 valence electrons. The Morgan fingerprint density at radius 3 is 2.53 bits per heavy atom. The summed E-state index contributed by atoms with van der Waals surface area (Å²) in [6.45, 7) is 0. The summed E-state index contributed by atoms with van der Waals surface area (Å²) in [6.07, 6.45) is 2.42. The van der Waals surface area contributed by atoms with E-state index in [4.69, 9.17) is 4.74 Å². The van der Waals surface area contributed by atoms with Crippen molar-refractivity contribution >= 4 is 5.69 Å². The standard InChI is InChI=1S/C17H19NO/c1-19-17-9-5-8-15(12-17)18-16-10-14(11-16)13-6-3-2-4-7-13/h2-9,12,14,16,18H,10-11H2,1H3. The van der Waals surface area contributed by atoms with E-state index in [2.05, 4.69) is 47.8 Å². The highest BCUT2D eigenvalue weighted by atomic mass is 16.5. The largest absolute Gasteiger partial charge is 0.497 e. The monoisotopic (exact) mass is 253 g/mol. The van der Waals surface area contributed by atoms with Gasteiger partial charge in [-0.25, -0.2) is 0 Å².